The van der Waals surface area contributed by atoms with Gasteiger partial charge in [-0.1, -0.05) is 323 Å². The summed E-state index contributed by atoms with van der Waals surface area (Å²) in [5.74, 6) is -0.362. The zero-order valence-corrected chi connectivity index (χ0v) is 45.5. The van der Waals surface area contributed by atoms with Crippen LogP contribution in [0.25, 0.3) is 0 Å². The quantitative estimate of drug-likeness (QED) is 0.0449. The highest BCUT2D eigenvalue weighted by Crippen LogP contribution is 2.18. The third kappa shape index (κ3) is 55.5. The molecule has 5 heteroatoms. The van der Waals surface area contributed by atoms with Gasteiger partial charge in [0.15, 0.2) is 6.10 Å². The van der Waals surface area contributed by atoms with E-state index in [0.717, 1.165) is 32.1 Å². The monoisotopic (exact) mass is 933 g/mol. The molecule has 0 aromatic rings. The van der Waals surface area contributed by atoms with E-state index in [1.807, 2.05) is 0 Å². The van der Waals surface area contributed by atoms with Gasteiger partial charge in [0.2, 0.25) is 0 Å². The van der Waals surface area contributed by atoms with Crippen molar-refractivity contribution in [2.45, 2.75) is 361 Å². The Bertz CT molecular complexity index is 921. The van der Waals surface area contributed by atoms with Crippen LogP contribution in [-0.2, 0) is 23.8 Å². The van der Waals surface area contributed by atoms with E-state index in [0.29, 0.717) is 26.1 Å². The zero-order valence-electron chi connectivity index (χ0n) is 45.5. The summed E-state index contributed by atoms with van der Waals surface area (Å²) >= 11 is 0. The Kier molecular flexibility index (Phi) is 57.2. The van der Waals surface area contributed by atoms with Crippen LogP contribution in [0, 0.1) is 0 Å². The Labute approximate surface area is 414 Å². The lowest BCUT2D eigenvalue weighted by atomic mass is 10.0. The normalized spacial score (nSPS) is 12.0. The molecule has 394 valence electrons. The maximum Gasteiger partial charge on any atom is 0.306 e. The van der Waals surface area contributed by atoms with Gasteiger partial charge in [-0.05, 0) is 19.3 Å². The lowest BCUT2D eigenvalue weighted by Crippen LogP contribution is -2.30. The molecule has 0 saturated heterocycles. The average Bonchev–Trinajstić information content (AvgIpc) is 3.32. The fourth-order valence-electron chi connectivity index (χ4n) is 9.57. The van der Waals surface area contributed by atoms with Gasteiger partial charge in [0.1, 0.15) is 6.61 Å². The van der Waals surface area contributed by atoms with Crippen molar-refractivity contribution in [1.29, 1.82) is 0 Å². The van der Waals surface area contributed by atoms with Crippen LogP contribution in [-0.4, -0.2) is 37.9 Å². The lowest BCUT2D eigenvalue weighted by molar-refractivity contribution is -0.163. The van der Waals surface area contributed by atoms with Crippen molar-refractivity contribution in [3.05, 3.63) is 0 Å². The van der Waals surface area contributed by atoms with E-state index >= 15 is 0 Å². The minimum absolute atomic E-state index is 0.0987. The van der Waals surface area contributed by atoms with Crippen molar-refractivity contribution in [3.8, 4) is 0 Å². The fourth-order valence-corrected chi connectivity index (χ4v) is 9.57. The second-order valence-electron chi connectivity index (χ2n) is 21.0. The fraction of sp³-hybridized carbons (Fsp3) is 0.967. The molecule has 0 aliphatic carbocycles. The Morgan fingerprint density at radius 2 is 0.500 bits per heavy atom. The van der Waals surface area contributed by atoms with Crippen LogP contribution in [0.5, 0.6) is 0 Å². The predicted octanol–water partition coefficient (Wildman–Crippen LogP) is 20.8. The van der Waals surface area contributed by atoms with Crippen molar-refractivity contribution in [3.63, 3.8) is 0 Å². The summed E-state index contributed by atoms with van der Waals surface area (Å²) in [7, 11) is 0. The van der Waals surface area contributed by atoms with E-state index in [1.165, 1.54) is 289 Å². The van der Waals surface area contributed by atoms with Crippen LogP contribution < -0.4 is 0 Å². The molecule has 0 heterocycles. The van der Waals surface area contributed by atoms with Crippen LogP contribution in [0.15, 0.2) is 0 Å². The third-order valence-corrected chi connectivity index (χ3v) is 14.1. The molecule has 0 aromatic heterocycles. The number of carbonyl (C=O) groups is 2. The van der Waals surface area contributed by atoms with Gasteiger partial charge in [-0.3, -0.25) is 9.59 Å². The Balaban J connectivity index is 4.17. The second kappa shape index (κ2) is 58.2. The second-order valence-corrected chi connectivity index (χ2v) is 21.0. The van der Waals surface area contributed by atoms with Gasteiger partial charge in [0.05, 0.1) is 6.61 Å². The van der Waals surface area contributed by atoms with E-state index in [2.05, 4.69) is 20.8 Å². The summed E-state index contributed by atoms with van der Waals surface area (Å²) in [6.07, 6.45) is 67.0. The molecule has 0 bridgehead atoms. The van der Waals surface area contributed by atoms with Gasteiger partial charge in [-0.15, -0.1) is 0 Å². The molecular weight excluding hydrogens is 813 g/mol. The first-order chi connectivity index (χ1) is 32.6. The highest BCUT2D eigenvalue weighted by atomic mass is 16.6. The van der Waals surface area contributed by atoms with Crippen molar-refractivity contribution in [2.75, 3.05) is 19.8 Å². The van der Waals surface area contributed by atoms with Crippen LogP contribution >= 0.6 is 0 Å². The van der Waals surface area contributed by atoms with Gasteiger partial charge in [-0.25, -0.2) is 0 Å². The van der Waals surface area contributed by atoms with Crippen LogP contribution in [0.3, 0.4) is 0 Å². The average molecular weight is 934 g/mol. The molecule has 0 radical (unpaired) electrons. The van der Waals surface area contributed by atoms with Crippen molar-refractivity contribution >= 4 is 11.9 Å². The van der Waals surface area contributed by atoms with E-state index < -0.39 is 6.10 Å². The number of rotatable bonds is 58. The maximum atomic E-state index is 12.9. The van der Waals surface area contributed by atoms with E-state index in [-0.39, 0.29) is 18.5 Å². The molecule has 0 rings (SSSR count). The molecule has 0 spiro atoms. The Morgan fingerprint density at radius 1 is 0.273 bits per heavy atom. The zero-order chi connectivity index (χ0) is 47.7. The first-order valence-corrected chi connectivity index (χ1v) is 30.6. The maximum absolute atomic E-state index is 12.9. The summed E-state index contributed by atoms with van der Waals surface area (Å²) in [5, 5.41) is 0. The van der Waals surface area contributed by atoms with Gasteiger partial charge >= 0.3 is 11.9 Å². The van der Waals surface area contributed by atoms with Crippen molar-refractivity contribution in [2.24, 2.45) is 0 Å². The molecule has 0 N–H and O–H groups in total. The van der Waals surface area contributed by atoms with Gasteiger partial charge in [-0.2, -0.15) is 0 Å². The SMILES string of the molecule is CCCCCCCCCCCCCCCCCCCCCC(=O)O[C@H](COCCCCCCCCCCCCCCCCCC)COC(=O)CCCCCCCCCCCCCCCCC. The van der Waals surface area contributed by atoms with Gasteiger partial charge in [0.25, 0.3) is 0 Å². The first kappa shape index (κ1) is 64.9. The number of hydrogen-bond donors (Lipinski definition) is 0. The summed E-state index contributed by atoms with van der Waals surface area (Å²) in [6, 6.07) is 0. The summed E-state index contributed by atoms with van der Waals surface area (Å²) in [6.45, 7) is 7.94. The molecule has 0 amide bonds. The largest absolute Gasteiger partial charge is 0.462 e. The minimum Gasteiger partial charge on any atom is -0.462 e. The van der Waals surface area contributed by atoms with E-state index in [9.17, 15) is 9.59 Å². The molecule has 0 aromatic carbocycles. The summed E-state index contributed by atoms with van der Waals surface area (Å²) < 4.78 is 17.5. The van der Waals surface area contributed by atoms with Crippen LogP contribution in [0.1, 0.15) is 355 Å². The number of esters is 2. The number of ether oxygens (including phenoxy) is 3. The standard InChI is InChI=1S/C61H120O5/c1-4-7-10-13-16-19-22-25-28-30-31-32-34-37-40-43-46-49-52-55-61(63)66-59(57-64-56-53-50-47-44-41-38-35-29-26-23-20-17-14-11-8-5-2)58-65-60(62)54-51-48-45-42-39-36-33-27-24-21-18-15-12-9-6-3/h59H,4-58H2,1-3H3/t59-/m1/s1. The molecular formula is C61H120O5. The van der Waals surface area contributed by atoms with Crippen LogP contribution in [0.4, 0.5) is 0 Å². The molecule has 0 saturated carbocycles. The summed E-state index contributed by atoms with van der Waals surface area (Å²) in [5.41, 5.74) is 0. The first-order valence-electron chi connectivity index (χ1n) is 30.6. The molecule has 0 aliphatic heterocycles. The highest BCUT2D eigenvalue weighted by molar-refractivity contribution is 5.70. The summed E-state index contributed by atoms with van der Waals surface area (Å²) in [4.78, 5) is 25.5. The van der Waals surface area contributed by atoms with Crippen LogP contribution in [0.2, 0.25) is 0 Å². The molecule has 5 nitrogen and oxygen atoms in total. The van der Waals surface area contributed by atoms with Gasteiger partial charge in [0, 0.05) is 19.4 Å². The lowest BCUT2D eigenvalue weighted by Gasteiger charge is -2.18. The molecule has 0 unspecified atom stereocenters. The molecule has 0 aliphatic rings. The Hall–Kier alpha value is -1.10. The van der Waals surface area contributed by atoms with E-state index in [1.54, 1.807) is 0 Å². The molecule has 66 heavy (non-hydrogen) atoms. The molecule has 1 atom stereocenters. The highest BCUT2D eigenvalue weighted by Gasteiger charge is 2.18. The van der Waals surface area contributed by atoms with E-state index in [4.69, 9.17) is 14.2 Å². The number of carbonyl (C=O) groups excluding carboxylic acids is 2. The topological polar surface area (TPSA) is 61.8 Å². The smallest absolute Gasteiger partial charge is 0.306 e. The third-order valence-electron chi connectivity index (χ3n) is 14.1. The Morgan fingerprint density at radius 3 is 0.773 bits per heavy atom. The van der Waals surface area contributed by atoms with Crippen molar-refractivity contribution in [1.82, 2.24) is 0 Å². The van der Waals surface area contributed by atoms with Gasteiger partial charge < -0.3 is 14.2 Å². The van der Waals surface area contributed by atoms with Crippen molar-refractivity contribution < 1.29 is 23.8 Å². The predicted molar refractivity (Wildman–Crippen MR) is 289 cm³/mol. The minimum atomic E-state index is -0.524. The number of unbranched alkanes of at least 4 members (excludes halogenated alkanes) is 47. The number of hydrogen-bond acceptors (Lipinski definition) is 5. The molecule has 0 fully saturated rings.